The van der Waals surface area contributed by atoms with Crippen LogP contribution in [0.25, 0.3) is 0 Å². The predicted octanol–water partition coefficient (Wildman–Crippen LogP) is 1.36. The number of anilines is 1. The van der Waals surface area contributed by atoms with Crippen LogP contribution in [-0.4, -0.2) is 24.7 Å². The summed E-state index contributed by atoms with van der Waals surface area (Å²) in [4.78, 5) is 16.0. The van der Waals surface area contributed by atoms with E-state index in [1.54, 1.807) is 0 Å². The molecule has 0 bridgehead atoms. The fourth-order valence-electron chi connectivity index (χ4n) is 1.60. The Morgan fingerprint density at radius 2 is 2.53 bits per heavy atom. The SMILES string of the molecule is COC(=O)c1sc(N)nc1C1CCCO1. The summed E-state index contributed by atoms with van der Waals surface area (Å²) < 4.78 is 10.1. The normalized spacial score (nSPS) is 20.5. The van der Waals surface area contributed by atoms with Gasteiger partial charge in [-0.2, -0.15) is 0 Å². The molecule has 0 spiro atoms. The first-order valence-electron chi connectivity index (χ1n) is 4.68. The fourth-order valence-corrected chi connectivity index (χ4v) is 2.40. The molecule has 2 rings (SSSR count). The first-order chi connectivity index (χ1) is 7.22. The van der Waals surface area contributed by atoms with E-state index in [4.69, 9.17) is 10.5 Å². The monoisotopic (exact) mass is 228 g/mol. The average molecular weight is 228 g/mol. The van der Waals surface area contributed by atoms with Crippen molar-refractivity contribution in [3.8, 4) is 0 Å². The largest absolute Gasteiger partial charge is 0.465 e. The van der Waals surface area contributed by atoms with Gasteiger partial charge in [0.1, 0.15) is 11.0 Å². The highest BCUT2D eigenvalue weighted by molar-refractivity contribution is 7.17. The van der Waals surface area contributed by atoms with Crippen LogP contribution in [0.5, 0.6) is 0 Å². The summed E-state index contributed by atoms with van der Waals surface area (Å²) in [5, 5.41) is 0.376. The Labute approximate surface area is 91.2 Å². The standard InChI is InChI=1S/C9H12N2O3S/c1-13-8(12)7-6(11-9(10)15-7)5-3-2-4-14-5/h5H,2-4H2,1H3,(H2,10,11). The van der Waals surface area contributed by atoms with Crippen molar-refractivity contribution in [2.75, 3.05) is 19.5 Å². The molecule has 1 aromatic heterocycles. The minimum Gasteiger partial charge on any atom is -0.465 e. The van der Waals surface area contributed by atoms with Gasteiger partial charge in [-0.3, -0.25) is 0 Å². The Kier molecular flexibility index (Phi) is 2.88. The first-order valence-corrected chi connectivity index (χ1v) is 5.50. The van der Waals surface area contributed by atoms with Crippen LogP contribution in [-0.2, 0) is 9.47 Å². The maximum absolute atomic E-state index is 11.4. The second-order valence-corrected chi connectivity index (χ2v) is 4.29. The topological polar surface area (TPSA) is 74.4 Å². The number of ether oxygens (including phenoxy) is 2. The number of aromatic nitrogens is 1. The van der Waals surface area contributed by atoms with Gasteiger partial charge in [0, 0.05) is 6.61 Å². The lowest BCUT2D eigenvalue weighted by atomic mass is 10.1. The van der Waals surface area contributed by atoms with Gasteiger partial charge in [-0.15, -0.1) is 0 Å². The number of nitrogen functional groups attached to an aromatic ring is 1. The molecule has 1 fully saturated rings. The van der Waals surface area contributed by atoms with E-state index < -0.39 is 5.97 Å². The van der Waals surface area contributed by atoms with E-state index in [1.807, 2.05) is 0 Å². The lowest BCUT2D eigenvalue weighted by Gasteiger charge is -2.07. The van der Waals surface area contributed by atoms with Crippen LogP contribution in [0.1, 0.15) is 34.3 Å². The molecule has 2 heterocycles. The Morgan fingerprint density at radius 1 is 1.73 bits per heavy atom. The Morgan fingerprint density at radius 3 is 3.13 bits per heavy atom. The molecule has 1 aromatic rings. The summed E-state index contributed by atoms with van der Waals surface area (Å²) >= 11 is 1.15. The zero-order valence-electron chi connectivity index (χ0n) is 8.36. The summed E-state index contributed by atoms with van der Waals surface area (Å²) in [6, 6.07) is 0. The van der Waals surface area contributed by atoms with Gasteiger partial charge in [0.2, 0.25) is 0 Å². The summed E-state index contributed by atoms with van der Waals surface area (Å²) in [6.45, 7) is 0.711. The van der Waals surface area contributed by atoms with Crippen LogP contribution in [0.3, 0.4) is 0 Å². The smallest absolute Gasteiger partial charge is 0.350 e. The number of hydrogen-bond donors (Lipinski definition) is 1. The van der Waals surface area contributed by atoms with Gasteiger partial charge >= 0.3 is 5.97 Å². The van der Waals surface area contributed by atoms with Gasteiger partial charge in [0.05, 0.1) is 12.8 Å². The van der Waals surface area contributed by atoms with Crippen LogP contribution in [0.15, 0.2) is 0 Å². The molecule has 1 atom stereocenters. The highest BCUT2D eigenvalue weighted by Crippen LogP contribution is 2.34. The molecule has 2 N–H and O–H groups in total. The Hall–Kier alpha value is -1.14. The summed E-state index contributed by atoms with van der Waals surface area (Å²) in [5.74, 6) is -0.394. The van der Waals surface area contributed by atoms with E-state index in [9.17, 15) is 4.79 Å². The number of carbonyl (C=O) groups is 1. The van der Waals surface area contributed by atoms with Crippen molar-refractivity contribution >= 4 is 22.4 Å². The Balaban J connectivity index is 2.32. The zero-order valence-corrected chi connectivity index (χ0v) is 9.17. The van der Waals surface area contributed by atoms with Crippen LogP contribution in [0.4, 0.5) is 5.13 Å². The quantitative estimate of drug-likeness (QED) is 0.774. The average Bonchev–Trinajstić information content (AvgIpc) is 2.84. The molecule has 1 aliphatic rings. The number of rotatable bonds is 2. The number of thiazole rings is 1. The second kappa shape index (κ2) is 4.16. The van der Waals surface area contributed by atoms with Crippen molar-refractivity contribution in [3.63, 3.8) is 0 Å². The predicted molar refractivity (Wildman–Crippen MR) is 55.8 cm³/mol. The molecule has 0 aromatic carbocycles. The van der Waals surface area contributed by atoms with Crippen LogP contribution < -0.4 is 5.73 Å². The molecule has 1 unspecified atom stereocenters. The minimum absolute atomic E-state index is 0.104. The summed E-state index contributed by atoms with van der Waals surface area (Å²) in [7, 11) is 1.34. The van der Waals surface area contributed by atoms with Gasteiger partial charge in [-0.05, 0) is 12.8 Å². The van der Waals surface area contributed by atoms with Gasteiger partial charge in [0.25, 0.3) is 0 Å². The van der Waals surface area contributed by atoms with E-state index in [2.05, 4.69) is 9.72 Å². The van der Waals surface area contributed by atoms with E-state index in [-0.39, 0.29) is 6.10 Å². The lowest BCUT2D eigenvalue weighted by molar-refractivity contribution is 0.0592. The number of carbonyl (C=O) groups excluding carboxylic acids is 1. The van der Waals surface area contributed by atoms with Crippen molar-refractivity contribution < 1.29 is 14.3 Å². The molecular weight excluding hydrogens is 216 g/mol. The lowest BCUT2D eigenvalue weighted by Crippen LogP contribution is -2.06. The third-order valence-electron chi connectivity index (χ3n) is 2.28. The molecule has 0 radical (unpaired) electrons. The molecule has 5 nitrogen and oxygen atoms in total. The number of nitrogens with two attached hydrogens (primary N) is 1. The minimum atomic E-state index is -0.394. The van der Waals surface area contributed by atoms with Crippen LogP contribution in [0, 0.1) is 0 Å². The molecule has 1 aliphatic heterocycles. The Bertz CT molecular complexity index is 371. The van der Waals surface area contributed by atoms with Crippen molar-refractivity contribution in [2.24, 2.45) is 0 Å². The maximum atomic E-state index is 11.4. The molecule has 6 heteroatoms. The summed E-state index contributed by atoms with van der Waals surface area (Å²) in [6.07, 6.45) is 1.77. The van der Waals surface area contributed by atoms with E-state index in [0.717, 1.165) is 24.2 Å². The number of hydrogen-bond acceptors (Lipinski definition) is 6. The second-order valence-electron chi connectivity index (χ2n) is 3.26. The van der Waals surface area contributed by atoms with Gasteiger partial charge in [-0.25, -0.2) is 9.78 Å². The molecule has 15 heavy (non-hydrogen) atoms. The fraction of sp³-hybridized carbons (Fsp3) is 0.556. The van der Waals surface area contributed by atoms with E-state index in [0.29, 0.717) is 22.3 Å². The van der Waals surface area contributed by atoms with Gasteiger partial charge in [-0.1, -0.05) is 11.3 Å². The first kappa shape index (κ1) is 10.4. The third kappa shape index (κ3) is 1.95. The molecule has 0 amide bonds. The molecule has 0 saturated carbocycles. The van der Waals surface area contributed by atoms with E-state index in [1.165, 1.54) is 7.11 Å². The molecule has 82 valence electrons. The van der Waals surface area contributed by atoms with Crippen molar-refractivity contribution in [1.29, 1.82) is 0 Å². The highest BCUT2D eigenvalue weighted by atomic mass is 32.1. The number of esters is 1. The highest BCUT2D eigenvalue weighted by Gasteiger charge is 2.27. The third-order valence-corrected chi connectivity index (χ3v) is 3.16. The maximum Gasteiger partial charge on any atom is 0.350 e. The van der Waals surface area contributed by atoms with E-state index >= 15 is 0 Å². The van der Waals surface area contributed by atoms with Crippen LogP contribution in [0.2, 0.25) is 0 Å². The zero-order chi connectivity index (χ0) is 10.8. The molecule has 0 aliphatic carbocycles. The molecular formula is C9H12N2O3S. The van der Waals surface area contributed by atoms with Gasteiger partial charge in [0.15, 0.2) is 5.13 Å². The summed E-state index contributed by atoms with van der Waals surface area (Å²) in [5.41, 5.74) is 6.21. The van der Waals surface area contributed by atoms with Crippen molar-refractivity contribution in [3.05, 3.63) is 10.6 Å². The van der Waals surface area contributed by atoms with Crippen LogP contribution >= 0.6 is 11.3 Å². The van der Waals surface area contributed by atoms with Crippen molar-refractivity contribution in [2.45, 2.75) is 18.9 Å². The number of methoxy groups -OCH3 is 1. The van der Waals surface area contributed by atoms with Gasteiger partial charge < -0.3 is 15.2 Å². The molecule has 1 saturated heterocycles. The number of nitrogens with zero attached hydrogens (tertiary/aromatic N) is 1. The van der Waals surface area contributed by atoms with Crippen molar-refractivity contribution in [1.82, 2.24) is 4.98 Å².